The van der Waals surface area contributed by atoms with Gasteiger partial charge in [0.2, 0.25) is 0 Å². The normalized spacial score (nSPS) is 10.5. The van der Waals surface area contributed by atoms with Gasteiger partial charge in [0.25, 0.3) is 0 Å². The molecule has 3 aromatic rings. The maximum absolute atomic E-state index is 12.8. The number of hydrogen-bond donors (Lipinski definition) is 3. The Hall–Kier alpha value is -2.82. The van der Waals surface area contributed by atoms with Crippen molar-refractivity contribution in [2.75, 3.05) is 11.1 Å². The number of anilines is 3. The molecule has 0 saturated carbocycles. The van der Waals surface area contributed by atoms with E-state index in [-0.39, 0.29) is 5.78 Å². The first-order valence-corrected chi connectivity index (χ1v) is 8.21. The Morgan fingerprint density at radius 3 is 2.40 bits per heavy atom. The molecule has 0 unspecified atom stereocenters. The monoisotopic (exact) mass is 351 g/mol. The fourth-order valence-corrected chi connectivity index (χ4v) is 2.87. The van der Waals surface area contributed by atoms with E-state index in [1.165, 1.54) is 0 Å². The number of para-hydroxylation sites is 2. The summed E-state index contributed by atoms with van der Waals surface area (Å²) >= 11 is 6.35. The molecule has 25 heavy (non-hydrogen) atoms. The summed E-state index contributed by atoms with van der Waals surface area (Å²) in [6.45, 7) is 0.298. The minimum Gasteiger partial charge on any atom is -0.397 e. The number of carbonyl (C=O) groups is 1. The summed E-state index contributed by atoms with van der Waals surface area (Å²) in [4.78, 5) is 12.8. The molecular formula is C20H18ClN3O. The van der Waals surface area contributed by atoms with Gasteiger partial charge >= 0.3 is 0 Å². The topological polar surface area (TPSA) is 81.1 Å². The second kappa shape index (κ2) is 7.38. The van der Waals surface area contributed by atoms with Crippen LogP contribution in [-0.2, 0) is 6.54 Å². The Bertz CT molecular complexity index is 924. The van der Waals surface area contributed by atoms with E-state index in [1.807, 2.05) is 42.5 Å². The van der Waals surface area contributed by atoms with E-state index >= 15 is 0 Å². The molecule has 0 aromatic heterocycles. The number of halogens is 1. The zero-order valence-corrected chi connectivity index (χ0v) is 14.3. The Morgan fingerprint density at radius 2 is 1.68 bits per heavy atom. The van der Waals surface area contributed by atoms with Crippen LogP contribution in [-0.4, -0.2) is 5.78 Å². The van der Waals surface area contributed by atoms with Gasteiger partial charge in [-0.1, -0.05) is 48.0 Å². The lowest BCUT2D eigenvalue weighted by Gasteiger charge is -2.12. The molecular weight excluding hydrogens is 334 g/mol. The number of hydrogen-bond acceptors (Lipinski definition) is 4. The molecule has 0 aliphatic heterocycles. The van der Waals surface area contributed by atoms with Crippen LogP contribution < -0.4 is 16.8 Å². The van der Waals surface area contributed by atoms with Crippen LogP contribution in [0, 0.1) is 0 Å². The molecule has 0 atom stereocenters. The highest BCUT2D eigenvalue weighted by molar-refractivity contribution is 6.35. The molecule has 0 aliphatic rings. The van der Waals surface area contributed by atoms with Crippen LogP contribution in [0.4, 0.5) is 17.1 Å². The largest absolute Gasteiger partial charge is 0.397 e. The first kappa shape index (κ1) is 17.0. The second-order valence-electron chi connectivity index (χ2n) is 5.60. The molecule has 0 spiro atoms. The van der Waals surface area contributed by atoms with Crippen LogP contribution in [0.15, 0.2) is 66.7 Å². The Balaban J connectivity index is 1.90. The van der Waals surface area contributed by atoms with E-state index in [0.29, 0.717) is 28.4 Å². The molecule has 0 radical (unpaired) electrons. The summed E-state index contributed by atoms with van der Waals surface area (Å²) < 4.78 is 0. The third-order valence-corrected chi connectivity index (χ3v) is 4.25. The average molecular weight is 352 g/mol. The average Bonchev–Trinajstić information content (AvgIpc) is 2.63. The smallest absolute Gasteiger partial charge is 0.194 e. The van der Waals surface area contributed by atoms with Gasteiger partial charge in [-0.2, -0.15) is 0 Å². The molecule has 3 aromatic carbocycles. The van der Waals surface area contributed by atoms with Crippen LogP contribution in [0.3, 0.4) is 0 Å². The lowest BCUT2D eigenvalue weighted by Crippen LogP contribution is -2.09. The van der Waals surface area contributed by atoms with Gasteiger partial charge in [-0.3, -0.25) is 4.79 Å². The fourth-order valence-electron chi connectivity index (χ4n) is 2.61. The highest BCUT2D eigenvalue weighted by Crippen LogP contribution is 2.28. The van der Waals surface area contributed by atoms with E-state index in [2.05, 4.69) is 5.32 Å². The van der Waals surface area contributed by atoms with Gasteiger partial charge in [0, 0.05) is 23.4 Å². The zero-order chi connectivity index (χ0) is 17.8. The van der Waals surface area contributed by atoms with E-state index in [9.17, 15) is 4.79 Å². The van der Waals surface area contributed by atoms with Gasteiger partial charge in [-0.25, -0.2) is 0 Å². The van der Waals surface area contributed by atoms with Crippen LogP contribution in [0.5, 0.6) is 0 Å². The maximum atomic E-state index is 12.8. The van der Waals surface area contributed by atoms with E-state index in [0.717, 1.165) is 16.9 Å². The number of nitrogens with two attached hydrogens (primary N) is 2. The molecule has 4 nitrogen and oxygen atoms in total. The Kier molecular flexibility index (Phi) is 5.03. The summed E-state index contributed by atoms with van der Waals surface area (Å²) in [5.74, 6) is -0.142. The number of nitrogen functional groups attached to an aromatic ring is 1. The molecule has 0 fully saturated rings. The lowest BCUT2D eigenvalue weighted by atomic mass is 9.98. The predicted octanol–water partition coefficient (Wildman–Crippen LogP) is 4.36. The second-order valence-corrected chi connectivity index (χ2v) is 6.00. The highest BCUT2D eigenvalue weighted by Gasteiger charge is 2.16. The summed E-state index contributed by atoms with van der Waals surface area (Å²) in [6, 6.07) is 19.9. The van der Waals surface area contributed by atoms with Gasteiger partial charge in [0.15, 0.2) is 5.78 Å². The quantitative estimate of drug-likeness (QED) is 0.471. The standard InChI is InChI=1S/C20H18ClN3O/c21-17-11-14(24-19-8-4-3-7-18(19)23)9-10-16(17)20(25)15-6-2-1-5-13(15)12-22/h1-11,24H,12,22-23H2. The van der Waals surface area contributed by atoms with E-state index in [4.69, 9.17) is 23.1 Å². The van der Waals surface area contributed by atoms with Crippen LogP contribution in [0.2, 0.25) is 5.02 Å². The number of nitrogens with one attached hydrogen (secondary N) is 1. The van der Waals surface area contributed by atoms with Crippen molar-refractivity contribution in [1.82, 2.24) is 0 Å². The SMILES string of the molecule is NCc1ccccc1C(=O)c1ccc(Nc2ccccc2N)cc1Cl. The summed E-state index contributed by atoms with van der Waals surface area (Å²) in [5, 5.41) is 3.57. The minimum atomic E-state index is -0.142. The molecule has 3 rings (SSSR count). The molecule has 0 saturated heterocycles. The van der Waals surface area contributed by atoms with E-state index in [1.54, 1.807) is 24.3 Å². The summed E-state index contributed by atoms with van der Waals surface area (Å²) in [7, 11) is 0. The highest BCUT2D eigenvalue weighted by atomic mass is 35.5. The number of rotatable bonds is 5. The Labute approximate surface area is 151 Å². The molecule has 0 bridgehead atoms. The Morgan fingerprint density at radius 1 is 0.960 bits per heavy atom. The lowest BCUT2D eigenvalue weighted by molar-refractivity contribution is 0.103. The van der Waals surface area contributed by atoms with Crippen molar-refractivity contribution in [3.8, 4) is 0 Å². The van der Waals surface area contributed by atoms with Crippen molar-refractivity contribution in [2.24, 2.45) is 5.73 Å². The first-order chi connectivity index (χ1) is 12.1. The zero-order valence-electron chi connectivity index (χ0n) is 13.5. The minimum absolute atomic E-state index is 0.142. The van der Waals surface area contributed by atoms with Gasteiger partial charge < -0.3 is 16.8 Å². The van der Waals surface area contributed by atoms with Crippen molar-refractivity contribution in [3.63, 3.8) is 0 Å². The first-order valence-electron chi connectivity index (χ1n) is 7.84. The molecule has 0 heterocycles. The third kappa shape index (κ3) is 3.65. The van der Waals surface area contributed by atoms with Crippen molar-refractivity contribution >= 4 is 34.4 Å². The fraction of sp³-hybridized carbons (Fsp3) is 0.0500. The van der Waals surface area contributed by atoms with Gasteiger partial charge in [-0.15, -0.1) is 0 Å². The molecule has 0 amide bonds. The van der Waals surface area contributed by atoms with Crippen molar-refractivity contribution in [2.45, 2.75) is 6.54 Å². The summed E-state index contributed by atoms with van der Waals surface area (Å²) in [5.41, 5.74) is 15.6. The van der Waals surface area contributed by atoms with Crippen LogP contribution in [0.1, 0.15) is 21.5 Å². The van der Waals surface area contributed by atoms with Crippen LogP contribution in [0.25, 0.3) is 0 Å². The van der Waals surface area contributed by atoms with Crippen molar-refractivity contribution in [3.05, 3.63) is 88.4 Å². The number of ketones is 1. The van der Waals surface area contributed by atoms with Crippen LogP contribution >= 0.6 is 11.6 Å². The molecule has 126 valence electrons. The van der Waals surface area contributed by atoms with Gasteiger partial charge in [0.05, 0.1) is 16.4 Å². The van der Waals surface area contributed by atoms with E-state index < -0.39 is 0 Å². The van der Waals surface area contributed by atoms with Crippen molar-refractivity contribution < 1.29 is 4.79 Å². The molecule has 5 N–H and O–H groups in total. The van der Waals surface area contributed by atoms with Gasteiger partial charge in [0.1, 0.15) is 0 Å². The number of benzene rings is 3. The third-order valence-electron chi connectivity index (χ3n) is 3.94. The molecule has 5 heteroatoms. The molecule has 0 aliphatic carbocycles. The number of carbonyl (C=O) groups excluding carboxylic acids is 1. The van der Waals surface area contributed by atoms with Crippen molar-refractivity contribution in [1.29, 1.82) is 0 Å². The maximum Gasteiger partial charge on any atom is 0.194 e. The summed E-state index contributed by atoms with van der Waals surface area (Å²) in [6.07, 6.45) is 0. The predicted molar refractivity (Wildman–Crippen MR) is 103 cm³/mol. The van der Waals surface area contributed by atoms with Gasteiger partial charge in [-0.05, 0) is 35.9 Å².